The molecule has 0 fully saturated rings. The quantitative estimate of drug-likeness (QED) is 0.637. The summed E-state index contributed by atoms with van der Waals surface area (Å²) < 4.78 is 5.28. The van der Waals surface area contributed by atoms with Crippen molar-refractivity contribution >= 4 is 29.1 Å². The van der Waals surface area contributed by atoms with E-state index in [0.29, 0.717) is 34.3 Å². The Morgan fingerprint density at radius 2 is 1.86 bits per heavy atom. The van der Waals surface area contributed by atoms with Gasteiger partial charge >= 0.3 is 0 Å². The highest BCUT2D eigenvalue weighted by molar-refractivity contribution is 6.31. The zero-order valence-corrected chi connectivity index (χ0v) is 17.3. The molecule has 0 spiro atoms. The maximum Gasteiger partial charge on any atom is 0.260 e. The molecule has 2 aromatic carbocycles. The van der Waals surface area contributed by atoms with Gasteiger partial charge in [0.25, 0.3) is 5.91 Å². The number of rotatable bonds is 6. The predicted octanol–water partition coefficient (Wildman–Crippen LogP) is 4.71. The van der Waals surface area contributed by atoms with Crippen LogP contribution in [-0.2, 0) is 4.79 Å². The minimum Gasteiger partial charge on any atom is -0.360 e. The third kappa shape index (κ3) is 4.66. The molecule has 1 aromatic heterocycles. The van der Waals surface area contributed by atoms with E-state index >= 15 is 0 Å². The van der Waals surface area contributed by atoms with Gasteiger partial charge in [-0.05, 0) is 38.5 Å². The van der Waals surface area contributed by atoms with Gasteiger partial charge in [0.15, 0.2) is 0 Å². The van der Waals surface area contributed by atoms with Gasteiger partial charge in [0.05, 0.1) is 0 Å². The normalized spacial score (nSPS) is 10.6. The SMILES string of the molecule is CCN(CC(=O)Nc1cc(Cl)ccc1C)C(=O)c1c(-c2ccccc2)noc1C. The number of amides is 2. The van der Waals surface area contributed by atoms with E-state index in [1.165, 1.54) is 4.90 Å². The second-order valence-corrected chi connectivity index (χ2v) is 7.09. The fourth-order valence-corrected chi connectivity index (χ4v) is 3.17. The van der Waals surface area contributed by atoms with Gasteiger partial charge in [-0.2, -0.15) is 0 Å². The predicted molar refractivity (Wildman–Crippen MR) is 113 cm³/mol. The van der Waals surface area contributed by atoms with E-state index in [2.05, 4.69) is 10.5 Å². The molecule has 0 unspecified atom stereocenters. The third-order valence-electron chi connectivity index (χ3n) is 4.60. The van der Waals surface area contributed by atoms with E-state index in [4.69, 9.17) is 16.1 Å². The number of halogens is 1. The first-order chi connectivity index (χ1) is 13.9. The average molecular weight is 412 g/mol. The molecule has 150 valence electrons. The van der Waals surface area contributed by atoms with Crippen LogP contribution in [0.4, 0.5) is 5.69 Å². The van der Waals surface area contributed by atoms with Crippen molar-refractivity contribution < 1.29 is 14.1 Å². The van der Waals surface area contributed by atoms with Crippen molar-refractivity contribution in [3.05, 3.63) is 70.4 Å². The summed E-state index contributed by atoms with van der Waals surface area (Å²) in [6.45, 7) is 5.65. The summed E-state index contributed by atoms with van der Waals surface area (Å²) in [5.74, 6) is -0.192. The minimum atomic E-state index is -0.305. The summed E-state index contributed by atoms with van der Waals surface area (Å²) in [7, 11) is 0. The molecule has 0 saturated heterocycles. The Balaban J connectivity index is 1.80. The largest absolute Gasteiger partial charge is 0.360 e. The number of hydrogen-bond acceptors (Lipinski definition) is 4. The highest BCUT2D eigenvalue weighted by Crippen LogP contribution is 2.26. The third-order valence-corrected chi connectivity index (χ3v) is 4.84. The number of anilines is 1. The van der Waals surface area contributed by atoms with Crippen LogP contribution in [0.3, 0.4) is 0 Å². The Morgan fingerprint density at radius 1 is 1.14 bits per heavy atom. The first-order valence-corrected chi connectivity index (χ1v) is 9.65. The molecule has 7 heteroatoms. The maximum atomic E-state index is 13.2. The molecule has 0 aliphatic rings. The van der Waals surface area contributed by atoms with Gasteiger partial charge in [0.1, 0.15) is 23.6 Å². The molecule has 0 aliphatic carbocycles. The number of aromatic nitrogens is 1. The van der Waals surface area contributed by atoms with Crippen LogP contribution in [0.2, 0.25) is 5.02 Å². The summed E-state index contributed by atoms with van der Waals surface area (Å²) in [4.78, 5) is 27.2. The van der Waals surface area contributed by atoms with Crippen LogP contribution in [0, 0.1) is 13.8 Å². The van der Waals surface area contributed by atoms with Gasteiger partial charge in [0.2, 0.25) is 5.91 Å². The minimum absolute atomic E-state index is 0.0971. The Morgan fingerprint density at radius 3 is 2.55 bits per heavy atom. The van der Waals surface area contributed by atoms with Crippen LogP contribution < -0.4 is 5.32 Å². The van der Waals surface area contributed by atoms with Gasteiger partial charge in [-0.15, -0.1) is 0 Å². The molecule has 0 bridgehead atoms. The lowest BCUT2D eigenvalue weighted by atomic mass is 10.1. The zero-order chi connectivity index (χ0) is 21.0. The summed E-state index contributed by atoms with van der Waals surface area (Å²) in [5, 5.41) is 7.40. The van der Waals surface area contributed by atoms with E-state index < -0.39 is 0 Å². The van der Waals surface area contributed by atoms with Crippen LogP contribution in [-0.4, -0.2) is 35.0 Å². The van der Waals surface area contributed by atoms with Crippen LogP contribution in [0.25, 0.3) is 11.3 Å². The Kier molecular flexibility index (Phi) is 6.34. The lowest BCUT2D eigenvalue weighted by molar-refractivity contribution is -0.116. The van der Waals surface area contributed by atoms with Crippen molar-refractivity contribution in [2.75, 3.05) is 18.4 Å². The highest BCUT2D eigenvalue weighted by Gasteiger charge is 2.26. The summed E-state index contributed by atoms with van der Waals surface area (Å²) in [6.07, 6.45) is 0. The highest BCUT2D eigenvalue weighted by atomic mass is 35.5. The molecule has 2 amide bonds. The molecule has 1 heterocycles. The Bertz CT molecular complexity index is 1030. The van der Waals surface area contributed by atoms with Crippen molar-refractivity contribution in [1.82, 2.24) is 10.1 Å². The van der Waals surface area contributed by atoms with Crippen molar-refractivity contribution in [2.24, 2.45) is 0 Å². The first kappa shape index (κ1) is 20.6. The molecule has 0 aliphatic heterocycles. The van der Waals surface area contributed by atoms with E-state index in [-0.39, 0.29) is 18.4 Å². The average Bonchev–Trinajstić information content (AvgIpc) is 3.10. The number of carbonyl (C=O) groups is 2. The molecule has 3 rings (SSSR count). The molecule has 0 atom stereocenters. The smallest absolute Gasteiger partial charge is 0.260 e. The molecular formula is C22H22ClN3O3. The number of aryl methyl sites for hydroxylation is 2. The van der Waals surface area contributed by atoms with Crippen LogP contribution >= 0.6 is 11.6 Å². The lowest BCUT2D eigenvalue weighted by Gasteiger charge is -2.21. The molecule has 3 aromatic rings. The van der Waals surface area contributed by atoms with E-state index in [9.17, 15) is 9.59 Å². The van der Waals surface area contributed by atoms with Crippen LogP contribution in [0.15, 0.2) is 53.1 Å². The summed E-state index contributed by atoms with van der Waals surface area (Å²) >= 11 is 6.01. The van der Waals surface area contributed by atoms with Crippen molar-refractivity contribution in [3.63, 3.8) is 0 Å². The Labute approximate surface area is 174 Å². The topological polar surface area (TPSA) is 75.4 Å². The van der Waals surface area contributed by atoms with E-state index in [1.54, 1.807) is 19.1 Å². The number of hydrogen-bond donors (Lipinski definition) is 1. The zero-order valence-electron chi connectivity index (χ0n) is 16.5. The number of likely N-dealkylation sites (N-methyl/N-ethyl adjacent to an activating group) is 1. The van der Waals surface area contributed by atoms with Gasteiger partial charge in [0, 0.05) is 22.8 Å². The number of benzene rings is 2. The van der Waals surface area contributed by atoms with Crippen molar-refractivity contribution in [1.29, 1.82) is 0 Å². The maximum absolute atomic E-state index is 13.2. The Hall–Kier alpha value is -3.12. The number of nitrogens with zero attached hydrogens (tertiary/aromatic N) is 2. The van der Waals surface area contributed by atoms with Crippen LogP contribution in [0.1, 0.15) is 28.6 Å². The fraction of sp³-hybridized carbons (Fsp3) is 0.227. The monoisotopic (exact) mass is 411 g/mol. The lowest BCUT2D eigenvalue weighted by Crippen LogP contribution is -2.38. The second-order valence-electron chi connectivity index (χ2n) is 6.66. The van der Waals surface area contributed by atoms with E-state index in [1.807, 2.05) is 50.2 Å². The second kappa shape index (κ2) is 8.92. The molecule has 0 radical (unpaired) electrons. The van der Waals surface area contributed by atoms with E-state index in [0.717, 1.165) is 11.1 Å². The van der Waals surface area contributed by atoms with Gasteiger partial charge in [-0.25, -0.2) is 0 Å². The van der Waals surface area contributed by atoms with Crippen molar-refractivity contribution in [3.8, 4) is 11.3 Å². The molecule has 1 N–H and O–H groups in total. The first-order valence-electron chi connectivity index (χ1n) is 9.27. The van der Waals surface area contributed by atoms with Crippen LogP contribution in [0.5, 0.6) is 0 Å². The standard InChI is InChI=1S/C22H22ClN3O3/c1-4-26(13-19(27)24-18-12-17(23)11-10-14(18)2)22(28)20-15(3)29-25-21(20)16-8-6-5-7-9-16/h5-12H,4,13H2,1-3H3,(H,24,27). The van der Waals surface area contributed by atoms with Gasteiger partial charge < -0.3 is 14.7 Å². The number of nitrogens with one attached hydrogen (secondary N) is 1. The van der Waals surface area contributed by atoms with Crippen molar-refractivity contribution in [2.45, 2.75) is 20.8 Å². The number of carbonyl (C=O) groups excluding carboxylic acids is 2. The summed E-state index contributed by atoms with van der Waals surface area (Å²) in [5.41, 5.74) is 3.13. The van der Waals surface area contributed by atoms with Gasteiger partial charge in [-0.1, -0.05) is 53.2 Å². The van der Waals surface area contributed by atoms with Gasteiger partial charge in [-0.3, -0.25) is 9.59 Å². The molecular weight excluding hydrogens is 390 g/mol. The molecule has 0 saturated carbocycles. The fourth-order valence-electron chi connectivity index (χ4n) is 2.99. The molecule has 6 nitrogen and oxygen atoms in total. The molecule has 29 heavy (non-hydrogen) atoms. The summed E-state index contributed by atoms with van der Waals surface area (Å²) in [6, 6.07) is 14.6.